The molecule has 196 valence electrons. The minimum Gasteiger partial charge on any atom is -0.494 e. The monoisotopic (exact) mass is 520 g/mol. The van der Waals surface area contributed by atoms with Gasteiger partial charge in [-0.2, -0.15) is 0 Å². The Morgan fingerprint density at radius 1 is 1.19 bits per heavy atom. The topological polar surface area (TPSA) is 60.5 Å². The molecule has 36 heavy (non-hydrogen) atoms. The number of hydrogen-bond donors (Lipinski definition) is 0. The summed E-state index contributed by atoms with van der Waals surface area (Å²) < 4.78 is 36.4. The first-order chi connectivity index (χ1) is 17.3. The average molecular weight is 521 g/mol. The standard InChI is InChI=1S/C27H34ClFN2O5/c1-18(2)14-31(16-20-11-21(28)26-24(13-20)34-8-4-9-36-26)27(32)25-17-30(7-10-35-25)15-19-5-6-22(29)23(12-19)33-3/h5-6,11-13,18,25H,4,7-10,14-17H2,1-3H3/t25-/m1/s1. The zero-order valence-corrected chi connectivity index (χ0v) is 21.9. The van der Waals surface area contributed by atoms with Crippen LogP contribution in [0, 0.1) is 11.7 Å². The lowest BCUT2D eigenvalue weighted by molar-refractivity contribution is -0.151. The molecule has 0 spiro atoms. The van der Waals surface area contributed by atoms with Gasteiger partial charge in [-0.3, -0.25) is 9.69 Å². The Labute approximate surface area is 217 Å². The van der Waals surface area contributed by atoms with Gasteiger partial charge in [-0.05, 0) is 41.3 Å². The third-order valence-corrected chi connectivity index (χ3v) is 6.46. The van der Waals surface area contributed by atoms with Crippen molar-refractivity contribution in [1.29, 1.82) is 0 Å². The van der Waals surface area contributed by atoms with Crippen molar-refractivity contribution in [3.8, 4) is 17.2 Å². The summed E-state index contributed by atoms with van der Waals surface area (Å²) in [7, 11) is 1.45. The van der Waals surface area contributed by atoms with Crippen molar-refractivity contribution >= 4 is 17.5 Å². The van der Waals surface area contributed by atoms with Crippen molar-refractivity contribution in [1.82, 2.24) is 9.80 Å². The van der Waals surface area contributed by atoms with Crippen LogP contribution in [-0.4, -0.2) is 68.4 Å². The Hall–Kier alpha value is -2.55. The molecule has 1 fully saturated rings. The first-order valence-electron chi connectivity index (χ1n) is 12.4. The summed E-state index contributed by atoms with van der Waals surface area (Å²) in [6, 6.07) is 8.58. The lowest BCUT2D eigenvalue weighted by atomic mass is 10.1. The van der Waals surface area contributed by atoms with Gasteiger partial charge in [0.05, 0.1) is 32.0 Å². The van der Waals surface area contributed by atoms with Crippen LogP contribution in [0.15, 0.2) is 30.3 Å². The molecule has 2 aliphatic heterocycles. The zero-order valence-electron chi connectivity index (χ0n) is 21.1. The number of benzene rings is 2. The van der Waals surface area contributed by atoms with Gasteiger partial charge in [0.1, 0.15) is 6.10 Å². The van der Waals surface area contributed by atoms with Crippen LogP contribution in [-0.2, 0) is 22.6 Å². The second-order valence-electron chi connectivity index (χ2n) is 9.63. The van der Waals surface area contributed by atoms with Gasteiger partial charge < -0.3 is 23.8 Å². The minimum absolute atomic E-state index is 0.0617. The van der Waals surface area contributed by atoms with E-state index in [2.05, 4.69) is 18.7 Å². The molecule has 4 rings (SSSR count). The summed E-state index contributed by atoms with van der Waals surface area (Å²) in [4.78, 5) is 17.6. The number of hydrogen-bond acceptors (Lipinski definition) is 6. The SMILES string of the molecule is COc1cc(CN2CCO[C@@H](C(=O)N(Cc3cc(Cl)c4c(c3)OCCCO4)CC(C)C)C2)ccc1F. The minimum atomic E-state index is -0.587. The molecule has 7 nitrogen and oxygen atoms in total. The van der Waals surface area contributed by atoms with Gasteiger partial charge in [-0.25, -0.2) is 4.39 Å². The molecule has 1 atom stereocenters. The molecule has 2 aromatic carbocycles. The highest BCUT2D eigenvalue weighted by molar-refractivity contribution is 6.32. The molecule has 0 N–H and O–H groups in total. The highest BCUT2D eigenvalue weighted by atomic mass is 35.5. The Kier molecular flexibility index (Phi) is 8.93. The lowest BCUT2D eigenvalue weighted by Gasteiger charge is -2.35. The van der Waals surface area contributed by atoms with Crippen molar-refractivity contribution < 1.29 is 28.1 Å². The number of rotatable bonds is 8. The van der Waals surface area contributed by atoms with Crippen LogP contribution in [0.5, 0.6) is 17.2 Å². The second kappa shape index (κ2) is 12.1. The molecule has 2 heterocycles. The maximum Gasteiger partial charge on any atom is 0.253 e. The number of nitrogens with zero attached hydrogens (tertiary/aromatic N) is 2. The molecule has 2 aromatic rings. The smallest absolute Gasteiger partial charge is 0.253 e. The van der Waals surface area contributed by atoms with Crippen LogP contribution in [0.3, 0.4) is 0 Å². The van der Waals surface area contributed by atoms with Gasteiger partial charge in [0.15, 0.2) is 23.1 Å². The van der Waals surface area contributed by atoms with E-state index in [9.17, 15) is 9.18 Å². The van der Waals surface area contributed by atoms with Crippen LogP contribution in [0.4, 0.5) is 4.39 Å². The van der Waals surface area contributed by atoms with Crippen molar-refractivity contribution in [3.63, 3.8) is 0 Å². The Bertz CT molecular complexity index is 1070. The predicted molar refractivity (Wildman–Crippen MR) is 135 cm³/mol. The fraction of sp³-hybridized carbons (Fsp3) is 0.519. The van der Waals surface area contributed by atoms with E-state index in [4.69, 9.17) is 30.5 Å². The van der Waals surface area contributed by atoms with E-state index in [0.717, 1.165) is 17.5 Å². The molecule has 0 saturated carbocycles. The first-order valence-corrected chi connectivity index (χ1v) is 12.7. The summed E-state index contributed by atoms with van der Waals surface area (Å²) in [5, 5.41) is 0.483. The normalized spacial score (nSPS) is 18.1. The van der Waals surface area contributed by atoms with Gasteiger partial charge in [-0.1, -0.05) is 31.5 Å². The fourth-order valence-corrected chi connectivity index (χ4v) is 4.82. The van der Waals surface area contributed by atoms with E-state index in [-0.39, 0.29) is 17.6 Å². The number of carbonyl (C=O) groups excluding carboxylic acids is 1. The van der Waals surface area contributed by atoms with E-state index in [1.165, 1.54) is 13.2 Å². The summed E-state index contributed by atoms with van der Waals surface area (Å²) in [6.45, 7) is 8.42. The third-order valence-electron chi connectivity index (χ3n) is 6.18. The fourth-order valence-electron chi connectivity index (χ4n) is 4.53. The van der Waals surface area contributed by atoms with Gasteiger partial charge in [0, 0.05) is 39.1 Å². The van der Waals surface area contributed by atoms with Gasteiger partial charge in [-0.15, -0.1) is 0 Å². The van der Waals surface area contributed by atoms with Crippen molar-refractivity contribution in [3.05, 3.63) is 52.3 Å². The number of morpholine rings is 1. The maximum absolute atomic E-state index is 13.8. The Balaban J connectivity index is 1.46. The molecule has 1 amide bonds. The van der Waals surface area contributed by atoms with Gasteiger partial charge in [0.2, 0.25) is 0 Å². The van der Waals surface area contributed by atoms with Gasteiger partial charge >= 0.3 is 0 Å². The molecule has 0 aliphatic carbocycles. The molecule has 0 radical (unpaired) electrons. The molecule has 0 aromatic heterocycles. The number of halogens is 2. The molecular formula is C27H34ClFN2O5. The Morgan fingerprint density at radius 3 is 2.78 bits per heavy atom. The van der Waals surface area contributed by atoms with Gasteiger partial charge in [0.25, 0.3) is 5.91 Å². The first kappa shape index (κ1) is 26.5. The van der Waals surface area contributed by atoms with Crippen LogP contribution in [0.1, 0.15) is 31.4 Å². The highest BCUT2D eigenvalue weighted by Crippen LogP contribution is 2.38. The van der Waals surface area contributed by atoms with Crippen molar-refractivity contribution in [2.24, 2.45) is 5.92 Å². The zero-order chi connectivity index (χ0) is 25.7. The third kappa shape index (κ3) is 6.60. The highest BCUT2D eigenvalue weighted by Gasteiger charge is 2.31. The molecule has 0 unspecified atom stereocenters. The van der Waals surface area contributed by atoms with Crippen LogP contribution >= 0.6 is 11.6 Å². The number of carbonyl (C=O) groups is 1. The number of amides is 1. The molecule has 0 bridgehead atoms. The number of ether oxygens (including phenoxy) is 4. The average Bonchev–Trinajstić information content (AvgIpc) is 3.10. The maximum atomic E-state index is 13.8. The van der Waals surface area contributed by atoms with E-state index in [1.807, 2.05) is 17.0 Å². The summed E-state index contributed by atoms with van der Waals surface area (Å²) >= 11 is 6.49. The van der Waals surface area contributed by atoms with Crippen LogP contribution in [0.2, 0.25) is 5.02 Å². The largest absolute Gasteiger partial charge is 0.494 e. The molecular weight excluding hydrogens is 487 g/mol. The number of fused-ring (bicyclic) bond motifs is 1. The summed E-state index contributed by atoms with van der Waals surface area (Å²) in [5.74, 6) is 1.20. The van der Waals surface area contributed by atoms with Crippen LogP contribution < -0.4 is 14.2 Å². The van der Waals surface area contributed by atoms with E-state index in [1.54, 1.807) is 12.1 Å². The summed E-state index contributed by atoms with van der Waals surface area (Å²) in [6.07, 6.45) is 0.203. The Morgan fingerprint density at radius 2 is 2.00 bits per heavy atom. The molecule has 2 aliphatic rings. The predicted octanol–water partition coefficient (Wildman–Crippen LogP) is 4.53. The lowest BCUT2D eigenvalue weighted by Crippen LogP contribution is -2.51. The quantitative estimate of drug-likeness (QED) is 0.509. The second-order valence-corrected chi connectivity index (χ2v) is 10.0. The van der Waals surface area contributed by atoms with E-state index < -0.39 is 11.9 Å². The van der Waals surface area contributed by atoms with Crippen molar-refractivity contribution in [2.75, 3.05) is 46.6 Å². The van der Waals surface area contributed by atoms with Crippen molar-refractivity contribution in [2.45, 2.75) is 39.5 Å². The van der Waals surface area contributed by atoms with E-state index >= 15 is 0 Å². The molecule has 9 heteroatoms. The molecule has 1 saturated heterocycles. The van der Waals surface area contributed by atoms with Crippen LogP contribution in [0.25, 0.3) is 0 Å². The summed E-state index contributed by atoms with van der Waals surface area (Å²) in [5.41, 5.74) is 1.80. The number of methoxy groups -OCH3 is 1. The van der Waals surface area contributed by atoms with E-state index in [0.29, 0.717) is 69.1 Å².